The van der Waals surface area contributed by atoms with Gasteiger partial charge in [0.05, 0.1) is 0 Å². The fraction of sp³-hybridized carbons (Fsp3) is 0.429. The van der Waals surface area contributed by atoms with Crippen molar-refractivity contribution in [2.24, 2.45) is 0 Å². The van der Waals surface area contributed by atoms with Gasteiger partial charge in [0, 0.05) is 29.2 Å². The third-order valence-corrected chi connectivity index (χ3v) is 6.87. The molecule has 0 aliphatic carbocycles. The topological polar surface area (TPSA) is 79.5 Å². The molecule has 4 rings (SSSR count). The molecule has 2 amide bonds. The number of nitrogens with zero attached hydrogens (tertiary/aromatic N) is 4. The van der Waals surface area contributed by atoms with Gasteiger partial charge < -0.3 is 14.3 Å². The fourth-order valence-corrected chi connectivity index (χ4v) is 4.71. The van der Waals surface area contributed by atoms with Crippen molar-refractivity contribution in [3.05, 3.63) is 70.6 Å². The Balaban J connectivity index is 1.51. The van der Waals surface area contributed by atoms with Crippen LogP contribution in [0.4, 0.5) is 0 Å². The number of amides is 2. The quantitative estimate of drug-likeness (QED) is 0.357. The van der Waals surface area contributed by atoms with Crippen molar-refractivity contribution < 1.29 is 14.1 Å². The van der Waals surface area contributed by atoms with E-state index in [1.165, 1.54) is 5.56 Å². The summed E-state index contributed by atoms with van der Waals surface area (Å²) >= 11 is 6.11. The summed E-state index contributed by atoms with van der Waals surface area (Å²) < 4.78 is 5.61. The van der Waals surface area contributed by atoms with E-state index in [9.17, 15) is 9.59 Å². The fourth-order valence-electron chi connectivity index (χ4n) is 4.52. The number of hydrogen-bond acceptors (Lipinski definition) is 5. The van der Waals surface area contributed by atoms with Gasteiger partial charge in [0.25, 0.3) is 5.91 Å². The molecule has 0 spiro atoms. The van der Waals surface area contributed by atoms with Crippen molar-refractivity contribution >= 4 is 23.4 Å². The maximum Gasteiger partial charge on any atom is 0.254 e. The first-order chi connectivity index (χ1) is 17.5. The lowest BCUT2D eigenvalue weighted by Crippen LogP contribution is -2.46. The van der Waals surface area contributed by atoms with E-state index in [-0.39, 0.29) is 24.4 Å². The van der Waals surface area contributed by atoms with E-state index in [0.717, 1.165) is 44.1 Å². The lowest BCUT2D eigenvalue weighted by atomic mass is 10.0. The minimum Gasteiger partial charge on any atom is -0.337 e. The third-order valence-electron chi connectivity index (χ3n) is 6.64. The first-order valence-electron chi connectivity index (χ1n) is 12.8. The lowest BCUT2D eigenvalue weighted by Gasteiger charge is -2.35. The molecule has 190 valence electrons. The van der Waals surface area contributed by atoms with E-state index in [1.54, 1.807) is 21.9 Å². The zero-order valence-corrected chi connectivity index (χ0v) is 21.7. The van der Waals surface area contributed by atoms with Crippen LogP contribution in [-0.2, 0) is 11.2 Å². The molecule has 2 heterocycles. The Morgan fingerprint density at radius 2 is 1.94 bits per heavy atom. The monoisotopic (exact) mass is 508 g/mol. The van der Waals surface area contributed by atoms with E-state index in [4.69, 9.17) is 16.1 Å². The molecule has 8 heteroatoms. The summed E-state index contributed by atoms with van der Waals surface area (Å²) in [5, 5.41) is 4.72. The van der Waals surface area contributed by atoms with E-state index in [2.05, 4.69) is 24.0 Å². The third kappa shape index (κ3) is 6.13. The molecule has 0 N–H and O–H groups in total. The summed E-state index contributed by atoms with van der Waals surface area (Å²) in [6.45, 7) is 5.32. The first kappa shape index (κ1) is 25.9. The number of piperidine rings is 1. The van der Waals surface area contributed by atoms with Crippen molar-refractivity contribution in [3.8, 4) is 11.4 Å². The number of carbonyl (C=O) groups excluding carboxylic acids is 2. The molecule has 36 heavy (non-hydrogen) atoms. The maximum absolute atomic E-state index is 13.5. The van der Waals surface area contributed by atoms with Gasteiger partial charge in [0.2, 0.25) is 17.6 Å². The molecule has 1 atom stereocenters. The van der Waals surface area contributed by atoms with Gasteiger partial charge in [0.1, 0.15) is 12.6 Å². The highest BCUT2D eigenvalue weighted by molar-refractivity contribution is 6.30. The molecule has 0 bridgehead atoms. The zero-order chi connectivity index (χ0) is 25.5. The summed E-state index contributed by atoms with van der Waals surface area (Å²) in [7, 11) is 0. The number of aromatic nitrogens is 2. The van der Waals surface area contributed by atoms with Crippen molar-refractivity contribution in [3.63, 3.8) is 0 Å². The second-order valence-corrected chi connectivity index (χ2v) is 9.63. The summed E-state index contributed by atoms with van der Waals surface area (Å²) in [5.41, 5.74) is 2.54. The molecule has 1 saturated heterocycles. The minimum atomic E-state index is -0.307. The van der Waals surface area contributed by atoms with E-state index < -0.39 is 0 Å². The smallest absolute Gasteiger partial charge is 0.254 e. The number of rotatable bonds is 9. The summed E-state index contributed by atoms with van der Waals surface area (Å²) in [4.78, 5) is 34.9. The molecule has 7 nitrogen and oxygen atoms in total. The number of carbonyl (C=O) groups is 2. The minimum absolute atomic E-state index is 0.0279. The summed E-state index contributed by atoms with van der Waals surface area (Å²) in [6, 6.07) is 14.6. The molecule has 1 aromatic heterocycles. The number of unbranched alkanes of at least 4 members (excludes halogenated alkanes) is 1. The molecule has 3 aromatic rings. The van der Waals surface area contributed by atoms with Crippen LogP contribution in [0.2, 0.25) is 5.02 Å². The molecule has 1 aliphatic heterocycles. The molecule has 1 fully saturated rings. The van der Waals surface area contributed by atoms with Gasteiger partial charge in [-0.1, -0.05) is 61.3 Å². The van der Waals surface area contributed by atoms with Crippen LogP contribution in [0.5, 0.6) is 0 Å². The standard InChI is InChI=1S/C28H33ClN4O3/c1-3-5-16-32(28(35)21-14-12-20(4-2)13-15-21)19-25(34)33-17-7-6-11-24(33)27-30-26(31-36-27)22-9-8-10-23(29)18-22/h8-10,12-15,18,24H,3-7,11,16-17,19H2,1-2H3/t24-/m1/s1. The molecular formula is C28H33ClN4O3. The Morgan fingerprint density at radius 1 is 1.14 bits per heavy atom. The Morgan fingerprint density at radius 3 is 2.67 bits per heavy atom. The van der Waals surface area contributed by atoms with Crippen LogP contribution >= 0.6 is 11.6 Å². The van der Waals surface area contributed by atoms with Crippen molar-refractivity contribution in [1.29, 1.82) is 0 Å². The second-order valence-electron chi connectivity index (χ2n) is 9.20. The van der Waals surface area contributed by atoms with Crippen LogP contribution in [0.1, 0.15) is 73.8 Å². The van der Waals surface area contributed by atoms with Gasteiger partial charge in [-0.05, 0) is 61.9 Å². The normalized spacial score (nSPS) is 15.6. The Labute approximate surface area is 217 Å². The van der Waals surface area contributed by atoms with Gasteiger partial charge in [-0.2, -0.15) is 4.98 Å². The molecule has 2 aromatic carbocycles. The van der Waals surface area contributed by atoms with Crippen LogP contribution < -0.4 is 0 Å². The average molecular weight is 509 g/mol. The molecule has 0 saturated carbocycles. The molecule has 1 aliphatic rings. The number of hydrogen-bond donors (Lipinski definition) is 0. The van der Waals surface area contributed by atoms with E-state index in [1.807, 2.05) is 36.4 Å². The van der Waals surface area contributed by atoms with Gasteiger partial charge in [-0.3, -0.25) is 9.59 Å². The molecule has 0 radical (unpaired) electrons. The molecule has 0 unspecified atom stereocenters. The maximum atomic E-state index is 13.5. The van der Waals surface area contributed by atoms with E-state index >= 15 is 0 Å². The van der Waals surface area contributed by atoms with Crippen LogP contribution in [0.25, 0.3) is 11.4 Å². The van der Waals surface area contributed by atoms with Gasteiger partial charge in [-0.25, -0.2) is 0 Å². The second kappa shape index (κ2) is 12.2. The number of benzene rings is 2. The Hall–Kier alpha value is -3.19. The van der Waals surface area contributed by atoms with Gasteiger partial charge in [-0.15, -0.1) is 0 Å². The van der Waals surface area contributed by atoms with Gasteiger partial charge >= 0.3 is 0 Å². The van der Waals surface area contributed by atoms with E-state index in [0.29, 0.717) is 35.4 Å². The van der Waals surface area contributed by atoms with Crippen LogP contribution in [0.15, 0.2) is 53.1 Å². The first-order valence-corrected chi connectivity index (χ1v) is 13.1. The predicted molar refractivity (Wildman–Crippen MR) is 140 cm³/mol. The lowest BCUT2D eigenvalue weighted by molar-refractivity contribution is -0.136. The average Bonchev–Trinajstić information content (AvgIpc) is 3.41. The Kier molecular flexibility index (Phi) is 8.75. The zero-order valence-electron chi connectivity index (χ0n) is 21.0. The van der Waals surface area contributed by atoms with Crippen molar-refractivity contribution in [1.82, 2.24) is 19.9 Å². The molecular weight excluding hydrogens is 476 g/mol. The highest BCUT2D eigenvalue weighted by atomic mass is 35.5. The van der Waals surface area contributed by atoms with Crippen molar-refractivity contribution in [2.45, 2.75) is 58.4 Å². The van der Waals surface area contributed by atoms with Crippen molar-refractivity contribution in [2.75, 3.05) is 19.6 Å². The number of halogens is 1. The predicted octanol–water partition coefficient (Wildman–Crippen LogP) is 5.95. The van der Waals surface area contributed by atoms with Crippen LogP contribution in [-0.4, -0.2) is 51.4 Å². The largest absolute Gasteiger partial charge is 0.337 e. The van der Waals surface area contributed by atoms with Crippen LogP contribution in [0.3, 0.4) is 0 Å². The Bertz CT molecular complexity index is 1180. The van der Waals surface area contributed by atoms with Crippen LogP contribution in [0, 0.1) is 0 Å². The summed E-state index contributed by atoms with van der Waals surface area (Å²) in [6.07, 6.45) is 5.29. The summed E-state index contributed by atoms with van der Waals surface area (Å²) in [5.74, 6) is 0.645. The highest BCUT2D eigenvalue weighted by Gasteiger charge is 2.33. The van der Waals surface area contributed by atoms with Gasteiger partial charge in [0.15, 0.2) is 0 Å². The number of likely N-dealkylation sites (tertiary alicyclic amines) is 1. The number of aryl methyl sites for hydroxylation is 1. The SMILES string of the molecule is CCCCN(CC(=O)N1CCCC[C@@H]1c1nc(-c2cccc(Cl)c2)no1)C(=O)c1ccc(CC)cc1. The highest BCUT2D eigenvalue weighted by Crippen LogP contribution is 2.32.